The average Bonchev–Trinajstić information content (AvgIpc) is 3.18. The molecule has 0 saturated carbocycles. The van der Waals surface area contributed by atoms with Gasteiger partial charge in [0.15, 0.2) is 0 Å². The van der Waals surface area contributed by atoms with E-state index in [1.165, 1.54) is 22.5 Å². The topological polar surface area (TPSA) is 35.6 Å². The third-order valence-corrected chi connectivity index (χ3v) is 5.83. The van der Waals surface area contributed by atoms with E-state index >= 15 is 0 Å². The lowest BCUT2D eigenvalue weighted by atomic mass is 10.0. The summed E-state index contributed by atoms with van der Waals surface area (Å²) in [7, 11) is 4.09. The number of benzene rings is 3. The summed E-state index contributed by atoms with van der Waals surface area (Å²) in [6, 6.07) is 25.1. The Kier molecular flexibility index (Phi) is 5.75. The van der Waals surface area contributed by atoms with Gasteiger partial charge < -0.3 is 15.1 Å². The van der Waals surface area contributed by atoms with Crippen LogP contribution in [0, 0.1) is 6.92 Å². The van der Waals surface area contributed by atoms with E-state index in [2.05, 4.69) is 63.6 Å². The van der Waals surface area contributed by atoms with Crippen molar-refractivity contribution < 1.29 is 4.79 Å². The highest BCUT2D eigenvalue weighted by atomic mass is 16.1. The Bertz CT molecular complexity index is 1030. The predicted molar refractivity (Wildman–Crippen MR) is 125 cm³/mol. The van der Waals surface area contributed by atoms with E-state index in [4.69, 9.17) is 0 Å². The molecule has 0 radical (unpaired) electrons. The number of hydrogen-bond donors (Lipinski definition) is 1. The fraction of sp³-hybridized carbons (Fsp3) is 0.269. The lowest BCUT2D eigenvalue weighted by Gasteiger charge is -2.31. The molecule has 3 aromatic carbocycles. The van der Waals surface area contributed by atoms with Crippen LogP contribution in [-0.4, -0.2) is 33.1 Å². The van der Waals surface area contributed by atoms with Crippen LogP contribution in [0.15, 0.2) is 72.8 Å². The molecule has 0 saturated heterocycles. The second kappa shape index (κ2) is 8.62. The monoisotopic (exact) mass is 399 g/mol. The van der Waals surface area contributed by atoms with Crippen molar-refractivity contribution in [2.24, 2.45) is 0 Å². The van der Waals surface area contributed by atoms with Crippen LogP contribution in [0.2, 0.25) is 0 Å². The molecule has 1 unspecified atom stereocenters. The molecule has 4 heteroatoms. The van der Waals surface area contributed by atoms with Gasteiger partial charge in [0.05, 0.1) is 6.04 Å². The van der Waals surface area contributed by atoms with Crippen LogP contribution in [-0.2, 0) is 6.42 Å². The van der Waals surface area contributed by atoms with Crippen LogP contribution in [0.25, 0.3) is 0 Å². The molecule has 1 atom stereocenters. The zero-order valence-electron chi connectivity index (χ0n) is 17.9. The predicted octanol–water partition coefficient (Wildman–Crippen LogP) is 4.59. The molecule has 4 nitrogen and oxygen atoms in total. The molecule has 0 aromatic heterocycles. The van der Waals surface area contributed by atoms with Crippen LogP contribution in [0.3, 0.4) is 0 Å². The SMILES string of the molecule is Cc1cccc(C(=O)NCC(c2ccc(N(C)C)cc2)N2CCc3ccccc32)c1. The van der Waals surface area contributed by atoms with Crippen LogP contribution in [0.5, 0.6) is 0 Å². The number of fused-ring (bicyclic) bond motifs is 1. The zero-order valence-corrected chi connectivity index (χ0v) is 17.9. The Morgan fingerprint density at radius 1 is 1.03 bits per heavy atom. The van der Waals surface area contributed by atoms with Crippen LogP contribution >= 0.6 is 0 Å². The Morgan fingerprint density at radius 2 is 1.80 bits per heavy atom. The minimum atomic E-state index is -0.0268. The first-order valence-corrected chi connectivity index (χ1v) is 10.5. The molecule has 0 aliphatic carbocycles. The van der Waals surface area contributed by atoms with Gasteiger partial charge in [-0.2, -0.15) is 0 Å². The van der Waals surface area contributed by atoms with E-state index in [0.29, 0.717) is 12.1 Å². The van der Waals surface area contributed by atoms with Crippen molar-refractivity contribution in [1.82, 2.24) is 5.32 Å². The molecular weight excluding hydrogens is 370 g/mol. The number of aryl methyl sites for hydroxylation is 1. The average molecular weight is 400 g/mol. The third kappa shape index (κ3) is 4.18. The van der Waals surface area contributed by atoms with Crippen molar-refractivity contribution in [2.45, 2.75) is 19.4 Å². The number of nitrogens with zero attached hydrogens (tertiary/aromatic N) is 2. The van der Waals surface area contributed by atoms with E-state index in [0.717, 1.165) is 18.5 Å². The smallest absolute Gasteiger partial charge is 0.251 e. The number of nitrogens with one attached hydrogen (secondary N) is 1. The molecular formula is C26H29N3O. The molecule has 0 bridgehead atoms. The summed E-state index contributed by atoms with van der Waals surface area (Å²) < 4.78 is 0. The quantitative estimate of drug-likeness (QED) is 0.658. The van der Waals surface area contributed by atoms with Crippen molar-refractivity contribution >= 4 is 17.3 Å². The molecule has 1 N–H and O–H groups in total. The summed E-state index contributed by atoms with van der Waals surface area (Å²) in [6.07, 6.45) is 1.04. The molecule has 1 aliphatic heterocycles. The fourth-order valence-corrected chi connectivity index (χ4v) is 4.17. The van der Waals surface area contributed by atoms with E-state index < -0.39 is 0 Å². The highest BCUT2D eigenvalue weighted by Gasteiger charge is 2.27. The first kappa shape index (κ1) is 20.0. The first-order chi connectivity index (χ1) is 14.5. The van der Waals surface area contributed by atoms with Gasteiger partial charge in [-0.3, -0.25) is 4.79 Å². The van der Waals surface area contributed by atoms with Crippen molar-refractivity contribution in [2.75, 3.05) is 37.0 Å². The van der Waals surface area contributed by atoms with E-state index in [9.17, 15) is 4.79 Å². The fourth-order valence-electron chi connectivity index (χ4n) is 4.17. The molecule has 154 valence electrons. The molecule has 1 heterocycles. The molecule has 4 rings (SSSR count). The number of rotatable bonds is 6. The summed E-state index contributed by atoms with van der Waals surface area (Å²) in [6.45, 7) is 3.52. The Balaban J connectivity index is 1.60. The molecule has 3 aromatic rings. The Hall–Kier alpha value is -3.27. The second-order valence-electron chi connectivity index (χ2n) is 8.15. The first-order valence-electron chi connectivity index (χ1n) is 10.5. The maximum Gasteiger partial charge on any atom is 0.251 e. The minimum absolute atomic E-state index is 0.0268. The van der Waals surface area contributed by atoms with Gasteiger partial charge in [-0.05, 0) is 54.8 Å². The molecule has 1 aliphatic rings. The number of amides is 1. The standard InChI is InChI=1S/C26H29N3O/c1-19-7-6-9-22(17-19)26(30)27-18-25(21-11-13-23(14-12-21)28(2)3)29-16-15-20-8-4-5-10-24(20)29/h4-14,17,25H,15-16,18H2,1-3H3,(H,27,30). The van der Waals surface area contributed by atoms with E-state index in [1.807, 2.05) is 45.3 Å². The molecule has 0 spiro atoms. The zero-order chi connectivity index (χ0) is 21.1. The van der Waals surface area contributed by atoms with Gasteiger partial charge in [0.2, 0.25) is 0 Å². The summed E-state index contributed by atoms with van der Waals surface area (Å²) in [5, 5.41) is 3.18. The number of para-hydroxylation sites is 1. The van der Waals surface area contributed by atoms with Crippen molar-refractivity contribution in [3.05, 3.63) is 95.1 Å². The van der Waals surface area contributed by atoms with Crippen molar-refractivity contribution in [1.29, 1.82) is 0 Å². The van der Waals surface area contributed by atoms with Gasteiger partial charge in [0, 0.05) is 44.1 Å². The van der Waals surface area contributed by atoms with E-state index in [1.54, 1.807) is 0 Å². The Labute approximate surface area is 179 Å². The normalized spacial score (nSPS) is 13.6. The summed E-state index contributed by atoms with van der Waals surface area (Å²) in [5.41, 5.74) is 6.82. The summed E-state index contributed by atoms with van der Waals surface area (Å²) in [4.78, 5) is 17.3. The maximum atomic E-state index is 12.8. The van der Waals surface area contributed by atoms with Gasteiger partial charge in [-0.15, -0.1) is 0 Å². The highest BCUT2D eigenvalue weighted by molar-refractivity contribution is 5.94. The van der Waals surface area contributed by atoms with Gasteiger partial charge in [0.25, 0.3) is 5.91 Å². The van der Waals surface area contributed by atoms with Crippen molar-refractivity contribution in [3.8, 4) is 0 Å². The van der Waals surface area contributed by atoms with Gasteiger partial charge in [-0.1, -0.05) is 48.0 Å². The highest BCUT2D eigenvalue weighted by Crippen LogP contribution is 2.35. The number of anilines is 2. The summed E-state index contributed by atoms with van der Waals surface area (Å²) >= 11 is 0. The number of carbonyl (C=O) groups is 1. The summed E-state index contributed by atoms with van der Waals surface area (Å²) in [5.74, 6) is -0.0268. The van der Waals surface area contributed by atoms with Crippen LogP contribution in [0.1, 0.15) is 33.1 Å². The lowest BCUT2D eigenvalue weighted by Crippen LogP contribution is -2.37. The molecule has 30 heavy (non-hydrogen) atoms. The largest absolute Gasteiger partial charge is 0.378 e. The van der Waals surface area contributed by atoms with E-state index in [-0.39, 0.29) is 11.9 Å². The minimum Gasteiger partial charge on any atom is -0.378 e. The van der Waals surface area contributed by atoms with Crippen LogP contribution in [0.4, 0.5) is 11.4 Å². The number of carbonyl (C=O) groups excluding carboxylic acids is 1. The van der Waals surface area contributed by atoms with Crippen LogP contribution < -0.4 is 15.1 Å². The number of hydrogen-bond acceptors (Lipinski definition) is 3. The van der Waals surface area contributed by atoms with Crippen molar-refractivity contribution in [3.63, 3.8) is 0 Å². The Morgan fingerprint density at radius 3 is 2.53 bits per heavy atom. The van der Waals surface area contributed by atoms with Gasteiger partial charge in [0.1, 0.15) is 0 Å². The maximum absolute atomic E-state index is 12.8. The molecule has 1 amide bonds. The second-order valence-corrected chi connectivity index (χ2v) is 8.15. The van der Waals surface area contributed by atoms with Gasteiger partial charge >= 0.3 is 0 Å². The lowest BCUT2D eigenvalue weighted by molar-refractivity contribution is 0.0951. The third-order valence-electron chi connectivity index (χ3n) is 5.83. The molecule has 0 fully saturated rings. The van der Waals surface area contributed by atoms with Gasteiger partial charge in [-0.25, -0.2) is 0 Å².